The molecule has 0 aromatic heterocycles. The first-order valence-corrected chi connectivity index (χ1v) is 8.45. The van der Waals surface area contributed by atoms with E-state index >= 15 is 0 Å². The van der Waals surface area contributed by atoms with Crippen molar-refractivity contribution in [3.8, 4) is 0 Å². The number of nitrogens with zero attached hydrogens (tertiary/aromatic N) is 1. The molecule has 23 heavy (non-hydrogen) atoms. The predicted molar refractivity (Wildman–Crippen MR) is 85.9 cm³/mol. The number of primary sulfonamides is 1. The summed E-state index contributed by atoms with van der Waals surface area (Å²) in [5.74, 6) is 0. The smallest absolute Gasteiger partial charge is 0.410 e. The molecule has 2 rings (SSSR count). The number of rotatable bonds is 5. The lowest BCUT2D eigenvalue weighted by Gasteiger charge is -2.18. The molecule has 6 nitrogen and oxygen atoms in total. The molecule has 0 aliphatic heterocycles. The lowest BCUT2D eigenvalue weighted by atomic mass is 10.2. The predicted octanol–water partition coefficient (Wildman–Crippen LogP) is 2.10. The van der Waals surface area contributed by atoms with E-state index in [9.17, 15) is 13.2 Å². The summed E-state index contributed by atoms with van der Waals surface area (Å²) in [6, 6.07) is 15.6. The molecule has 0 heterocycles. The Kier molecular flexibility index (Phi) is 5.36. The molecule has 0 fully saturated rings. The van der Waals surface area contributed by atoms with E-state index in [0.717, 1.165) is 5.56 Å². The standard InChI is InChI=1S/C16H18N2O4S/c1-18(16(19)22-12-13-7-3-2-4-8-13)11-14-9-5-6-10-15(14)23(17,20)21/h2-10H,11-12H2,1H3,(H2,17,20,21). The maximum absolute atomic E-state index is 12.0. The van der Waals surface area contributed by atoms with Crippen molar-refractivity contribution < 1.29 is 17.9 Å². The van der Waals surface area contributed by atoms with Crippen molar-refractivity contribution in [2.24, 2.45) is 5.14 Å². The minimum absolute atomic E-state index is 0.00251. The molecule has 1 amide bonds. The Labute approximate surface area is 135 Å². The third kappa shape index (κ3) is 4.80. The molecule has 2 aromatic rings. The van der Waals surface area contributed by atoms with Gasteiger partial charge in [0.2, 0.25) is 10.0 Å². The average molecular weight is 334 g/mol. The quantitative estimate of drug-likeness (QED) is 0.907. The van der Waals surface area contributed by atoms with Crippen molar-refractivity contribution in [2.45, 2.75) is 18.0 Å². The van der Waals surface area contributed by atoms with Gasteiger partial charge in [0, 0.05) is 13.6 Å². The van der Waals surface area contributed by atoms with E-state index in [-0.39, 0.29) is 18.0 Å². The number of hydrogen-bond donors (Lipinski definition) is 1. The van der Waals surface area contributed by atoms with Crippen molar-refractivity contribution in [1.29, 1.82) is 0 Å². The van der Waals surface area contributed by atoms with Gasteiger partial charge in [-0.1, -0.05) is 48.5 Å². The molecule has 2 aromatic carbocycles. The second-order valence-corrected chi connectivity index (χ2v) is 6.58. The zero-order valence-corrected chi connectivity index (χ0v) is 13.5. The second-order valence-electron chi connectivity index (χ2n) is 5.05. The molecule has 0 atom stereocenters. The van der Waals surface area contributed by atoms with Crippen LogP contribution in [0.25, 0.3) is 0 Å². The fourth-order valence-electron chi connectivity index (χ4n) is 2.06. The van der Waals surface area contributed by atoms with E-state index < -0.39 is 16.1 Å². The molecular formula is C16H18N2O4S. The second kappa shape index (κ2) is 7.26. The Morgan fingerprint density at radius 2 is 1.70 bits per heavy atom. The summed E-state index contributed by atoms with van der Waals surface area (Å²) < 4.78 is 28.3. The monoisotopic (exact) mass is 334 g/mol. The number of ether oxygens (including phenoxy) is 1. The highest BCUT2D eigenvalue weighted by molar-refractivity contribution is 7.89. The molecule has 0 radical (unpaired) electrons. The molecule has 0 saturated carbocycles. The van der Waals surface area contributed by atoms with E-state index in [1.807, 2.05) is 30.3 Å². The van der Waals surface area contributed by atoms with Crippen LogP contribution in [0.2, 0.25) is 0 Å². The van der Waals surface area contributed by atoms with Crippen LogP contribution in [0.5, 0.6) is 0 Å². The van der Waals surface area contributed by atoms with Crippen LogP contribution in [0.3, 0.4) is 0 Å². The van der Waals surface area contributed by atoms with Gasteiger partial charge in [-0.05, 0) is 17.2 Å². The number of benzene rings is 2. The summed E-state index contributed by atoms with van der Waals surface area (Å²) in [5.41, 5.74) is 1.31. The normalized spacial score (nSPS) is 11.0. The first-order valence-electron chi connectivity index (χ1n) is 6.90. The van der Waals surface area contributed by atoms with Gasteiger partial charge in [-0.25, -0.2) is 18.4 Å². The van der Waals surface area contributed by atoms with Crippen LogP contribution >= 0.6 is 0 Å². The summed E-state index contributed by atoms with van der Waals surface area (Å²) in [7, 11) is -2.30. The first-order chi connectivity index (χ1) is 10.9. The van der Waals surface area contributed by atoms with Crippen LogP contribution in [0, 0.1) is 0 Å². The van der Waals surface area contributed by atoms with Crippen LogP contribution in [-0.4, -0.2) is 26.5 Å². The van der Waals surface area contributed by atoms with Crippen LogP contribution in [0.4, 0.5) is 4.79 Å². The first kappa shape index (κ1) is 17.0. The molecule has 0 aliphatic carbocycles. The number of nitrogens with two attached hydrogens (primary N) is 1. The van der Waals surface area contributed by atoms with Crippen LogP contribution < -0.4 is 5.14 Å². The van der Waals surface area contributed by atoms with E-state index in [2.05, 4.69) is 0 Å². The highest BCUT2D eigenvalue weighted by Crippen LogP contribution is 2.16. The van der Waals surface area contributed by atoms with Gasteiger partial charge in [0.1, 0.15) is 6.61 Å². The zero-order valence-electron chi connectivity index (χ0n) is 12.7. The summed E-state index contributed by atoms with van der Waals surface area (Å²) in [5, 5.41) is 5.18. The Balaban J connectivity index is 2.02. The fourth-order valence-corrected chi connectivity index (χ4v) is 2.83. The number of sulfonamides is 1. The maximum Gasteiger partial charge on any atom is 0.410 e. The van der Waals surface area contributed by atoms with E-state index in [1.54, 1.807) is 18.2 Å². The highest BCUT2D eigenvalue weighted by Gasteiger charge is 2.17. The van der Waals surface area contributed by atoms with Gasteiger partial charge in [-0.2, -0.15) is 0 Å². The Bertz CT molecular complexity index is 776. The van der Waals surface area contributed by atoms with E-state index in [4.69, 9.17) is 9.88 Å². The van der Waals surface area contributed by atoms with E-state index in [1.165, 1.54) is 18.0 Å². The molecule has 0 unspecified atom stereocenters. The molecule has 0 bridgehead atoms. The van der Waals surface area contributed by atoms with Gasteiger partial charge in [0.25, 0.3) is 0 Å². The summed E-state index contributed by atoms with van der Waals surface area (Å²) in [4.78, 5) is 13.3. The highest BCUT2D eigenvalue weighted by atomic mass is 32.2. The Morgan fingerprint density at radius 1 is 1.09 bits per heavy atom. The Hall–Kier alpha value is -2.38. The molecule has 7 heteroatoms. The molecule has 122 valence electrons. The van der Waals surface area contributed by atoms with Crippen molar-refractivity contribution in [1.82, 2.24) is 4.90 Å². The lowest BCUT2D eigenvalue weighted by molar-refractivity contribution is 0.102. The summed E-state index contributed by atoms with van der Waals surface area (Å²) in [6.45, 7) is 0.237. The van der Waals surface area contributed by atoms with E-state index in [0.29, 0.717) is 5.56 Å². The van der Waals surface area contributed by atoms with Crippen molar-refractivity contribution in [3.63, 3.8) is 0 Å². The average Bonchev–Trinajstić information content (AvgIpc) is 2.53. The molecular weight excluding hydrogens is 316 g/mol. The zero-order chi connectivity index (χ0) is 16.9. The van der Waals surface area contributed by atoms with Crippen molar-refractivity contribution in [3.05, 3.63) is 65.7 Å². The summed E-state index contributed by atoms with van der Waals surface area (Å²) in [6.07, 6.45) is -0.543. The minimum atomic E-state index is -3.84. The summed E-state index contributed by atoms with van der Waals surface area (Å²) >= 11 is 0. The number of carbonyl (C=O) groups is 1. The topological polar surface area (TPSA) is 89.7 Å². The van der Waals surface area contributed by atoms with Gasteiger partial charge in [-0.15, -0.1) is 0 Å². The largest absolute Gasteiger partial charge is 0.445 e. The number of carbonyl (C=O) groups excluding carboxylic acids is 1. The maximum atomic E-state index is 12.0. The van der Waals surface area contributed by atoms with Crippen molar-refractivity contribution in [2.75, 3.05) is 7.05 Å². The molecule has 0 saturated heterocycles. The van der Waals surface area contributed by atoms with Crippen LogP contribution in [0.15, 0.2) is 59.5 Å². The van der Waals surface area contributed by atoms with Gasteiger partial charge < -0.3 is 9.64 Å². The minimum Gasteiger partial charge on any atom is -0.445 e. The van der Waals surface area contributed by atoms with Crippen molar-refractivity contribution >= 4 is 16.1 Å². The van der Waals surface area contributed by atoms with Gasteiger partial charge in [0.05, 0.1) is 4.90 Å². The van der Waals surface area contributed by atoms with Gasteiger partial charge >= 0.3 is 6.09 Å². The SMILES string of the molecule is CN(Cc1ccccc1S(N)(=O)=O)C(=O)OCc1ccccc1. The third-order valence-corrected chi connectivity index (χ3v) is 4.21. The molecule has 0 aliphatic rings. The van der Waals surface area contributed by atoms with Crippen LogP contribution in [-0.2, 0) is 27.9 Å². The van der Waals surface area contributed by atoms with Crippen LogP contribution in [0.1, 0.15) is 11.1 Å². The Morgan fingerprint density at radius 3 is 2.35 bits per heavy atom. The van der Waals surface area contributed by atoms with Gasteiger partial charge in [0.15, 0.2) is 0 Å². The molecule has 0 spiro atoms. The van der Waals surface area contributed by atoms with Gasteiger partial charge in [-0.3, -0.25) is 0 Å². The lowest BCUT2D eigenvalue weighted by Crippen LogP contribution is -2.28. The fraction of sp³-hybridized carbons (Fsp3) is 0.188. The number of hydrogen-bond acceptors (Lipinski definition) is 4. The number of amides is 1. The molecule has 2 N–H and O–H groups in total. The third-order valence-electron chi connectivity index (χ3n) is 3.20.